The van der Waals surface area contributed by atoms with Crippen LogP contribution in [0.2, 0.25) is 0 Å². The van der Waals surface area contributed by atoms with Gasteiger partial charge in [0.1, 0.15) is 17.8 Å². The maximum absolute atomic E-state index is 12.7. The lowest BCUT2D eigenvalue weighted by atomic mass is 9.98. The summed E-state index contributed by atoms with van der Waals surface area (Å²) in [5.74, 6) is -0.919. The zero-order chi connectivity index (χ0) is 41.8. The Kier molecular flexibility index (Phi) is 20.7. The van der Waals surface area contributed by atoms with Crippen LogP contribution in [0.15, 0.2) is 0 Å². The van der Waals surface area contributed by atoms with Crippen LogP contribution in [-0.2, 0) is 51.0 Å². The number of hydrogen-bond acceptors (Lipinski definition) is 11. The molecule has 1 aromatic rings. The Bertz CT molecular complexity index is 1390. The quantitative estimate of drug-likeness (QED) is 0.114. The molecule has 57 heavy (non-hydrogen) atoms. The van der Waals surface area contributed by atoms with Crippen molar-refractivity contribution in [3.63, 3.8) is 0 Å². The molecular weight excluding hydrogens is 734 g/mol. The van der Waals surface area contributed by atoms with Gasteiger partial charge in [0.15, 0.2) is 0 Å². The van der Waals surface area contributed by atoms with Gasteiger partial charge in [-0.15, -0.1) is 5.10 Å². The Morgan fingerprint density at radius 3 is 2.42 bits per heavy atom. The third-order valence-electron chi connectivity index (χ3n) is 10.6. The van der Waals surface area contributed by atoms with Crippen molar-refractivity contribution in [2.45, 2.75) is 180 Å². The van der Waals surface area contributed by atoms with Crippen LogP contribution in [0.5, 0.6) is 0 Å². The average Bonchev–Trinajstić information content (AvgIpc) is 3.52. The van der Waals surface area contributed by atoms with Gasteiger partial charge in [0.2, 0.25) is 17.7 Å². The van der Waals surface area contributed by atoms with Gasteiger partial charge >= 0.3 is 6.09 Å². The maximum atomic E-state index is 12.7. The Balaban J connectivity index is 1.35. The first kappa shape index (κ1) is 48.0. The molecule has 1 fully saturated rings. The van der Waals surface area contributed by atoms with Crippen LogP contribution in [0.25, 0.3) is 0 Å². The summed E-state index contributed by atoms with van der Waals surface area (Å²) in [7, 11) is 0. The standard InChI is InChI=1S/C41H73N7O9/c1-8-32-29-47(28-30(2)57-32)39(52)54-25-15-14-24-53-35-18-11-9-10-17-34-37(35)45-46-48(34)23-13-12-16-33(38(42)51)44-36(50)19-26-55-41(6,7)21-27-56-40(4,5)20-22-43-31(3)49/h30,32-33,35H,8-29H2,1-7H3,(H2,42,51)(H,43,49)(H,44,50)/t30?,32?,33-,35?/m0/s1. The van der Waals surface area contributed by atoms with Gasteiger partial charge in [-0.3, -0.25) is 14.4 Å². The van der Waals surface area contributed by atoms with Crippen LogP contribution in [0.3, 0.4) is 0 Å². The molecule has 0 radical (unpaired) electrons. The number of amides is 4. The first-order chi connectivity index (χ1) is 27.1. The molecule has 0 spiro atoms. The SMILES string of the molecule is CCC1CN(C(=O)OCCCCOC2CCCCCc3c2nnn3CCCC[C@H](NC(=O)CCOC(C)(C)CCOC(C)(C)CCNC(C)=O)C(N)=O)CC(C)O1. The van der Waals surface area contributed by atoms with E-state index in [0.717, 1.165) is 62.8 Å². The molecular formula is C41H73N7O9. The predicted molar refractivity (Wildman–Crippen MR) is 215 cm³/mol. The molecule has 1 saturated heterocycles. The molecule has 1 aliphatic carbocycles. The summed E-state index contributed by atoms with van der Waals surface area (Å²) < 4.78 is 31.7. The molecule has 0 bridgehead atoms. The molecule has 4 amide bonds. The van der Waals surface area contributed by atoms with Gasteiger partial charge in [-0.1, -0.05) is 25.0 Å². The van der Waals surface area contributed by atoms with Gasteiger partial charge in [0.25, 0.3) is 0 Å². The molecule has 4 N–H and O–H groups in total. The topological polar surface area (TPSA) is 198 Å². The van der Waals surface area contributed by atoms with Crippen molar-refractivity contribution >= 4 is 23.8 Å². The summed E-state index contributed by atoms with van der Waals surface area (Å²) >= 11 is 0. The number of ether oxygens (including phenoxy) is 5. The predicted octanol–water partition coefficient (Wildman–Crippen LogP) is 4.91. The fourth-order valence-electron chi connectivity index (χ4n) is 7.07. The third-order valence-corrected chi connectivity index (χ3v) is 10.6. The fraction of sp³-hybridized carbons (Fsp3) is 0.854. The lowest BCUT2D eigenvalue weighted by Gasteiger charge is -2.35. The van der Waals surface area contributed by atoms with Gasteiger partial charge in [-0.05, 0) is 105 Å². The molecule has 1 aliphatic heterocycles. The number of rotatable bonds is 25. The number of carbonyl (C=O) groups excluding carboxylic acids is 4. The Morgan fingerprint density at radius 2 is 1.68 bits per heavy atom. The Hall–Kier alpha value is -3.34. The highest BCUT2D eigenvalue weighted by atomic mass is 16.6. The first-order valence-electron chi connectivity index (χ1n) is 21.3. The van der Waals surface area contributed by atoms with Gasteiger partial charge in [0.05, 0.1) is 68.4 Å². The number of morpholine rings is 1. The summed E-state index contributed by atoms with van der Waals surface area (Å²) in [5, 5.41) is 14.6. The minimum absolute atomic E-state index is 0.00684. The van der Waals surface area contributed by atoms with E-state index in [1.807, 2.05) is 39.3 Å². The molecule has 2 aliphatic rings. The van der Waals surface area contributed by atoms with Crippen LogP contribution < -0.4 is 16.4 Å². The van der Waals surface area contributed by atoms with Crippen LogP contribution in [0.4, 0.5) is 4.79 Å². The lowest BCUT2D eigenvalue weighted by molar-refractivity contribution is -0.129. The molecule has 3 unspecified atom stereocenters. The minimum Gasteiger partial charge on any atom is -0.449 e. The van der Waals surface area contributed by atoms with Crippen molar-refractivity contribution in [3.8, 4) is 0 Å². The van der Waals surface area contributed by atoms with Gasteiger partial charge < -0.3 is 45.0 Å². The van der Waals surface area contributed by atoms with Crippen molar-refractivity contribution in [3.05, 3.63) is 11.4 Å². The second kappa shape index (κ2) is 24.6. The smallest absolute Gasteiger partial charge is 0.409 e. The van der Waals surface area contributed by atoms with E-state index in [4.69, 9.17) is 29.4 Å². The third kappa shape index (κ3) is 18.4. The number of nitrogens with zero attached hydrogens (tertiary/aromatic N) is 4. The van der Waals surface area contributed by atoms with E-state index >= 15 is 0 Å². The fourth-order valence-corrected chi connectivity index (χ4v) is 7.07. The minimum atomic E-state index is -0.771. The number of nitrogens with two attached hydrogens (primary N) is 1. The zero-order valence-electron chi connectivity index (χ0n) is 35.9. The summed E-state index contributed by atoms with van der Waals surface area (Å²) in [5.41, 5.74) is 6.76. The largest absolute Gasteiger partial charge is 0.449 e. The number of aromatic nitrogens is 3. The molecule has 0 aromatic carbocycles. The highest BCUT2D eigenvalue weighted by Crippen LogP contribution is 2.30. The Morgan fingerprint density at radius 1 is 0.947 bits per heavy atom. The van der Waals surface area contributed by atoms with Gasteiger partial charge in [-0.2, -0.15) is 0 Å². The molecule has 1 aromatic heterocycles. The number of primary amides is 1. The van der Waals surface area contributed by atoms with Crippen molar-refractivity contribution in [2.75, 3.05) is 46.1 Å². The van der Waals surface area contributed by atoms with Crippen LogP contribution >= 0.6 is 0 Å². The van der Waals surface area contributed by atoms with E-state index in [1.165, 1.54) is 6.92 Å². The van der Waals surface area contributed by atoms with Crippen molar-refractivity contribution in [1.82, 2.24) is 30.5 Å². The van der Waals surface area contributed by atoms with E-state index in [1.54, 1.807) is 4.90 Å². The van der Waals surface area contributed by atoms with E-state index in [0.29, 0.717) is 78.1 Å². The van der Waals surface area contributed by atoms with E-state index in [9.17, 15) is 19.2 Å². The van der Waals surface area contributed by atoms with Crippen molar-refractivity contribution in [1.29, 1.82) is 0 Å². The van der Waals surface area contributed by atoms with Crippen LogP contribution in [0.1, 0.15) is 149 Å². The zero-order valence-corrected chi connectivity index (χ0v) is 35.9. The first-order valence-corrected chi connectivity index (χ1v) is 21.3. The molecule has 2 heterocycles. The summed E-state index contributed by atoms with van der Waals surface area (Å²) in [4.78, 5) is 50.4. The van der Waals surface area contributed by atoms with Crippen molar-refractivity contribution < 1.29 is 42.9 Å². The highest BCUT2D eigenvalue weighted by molar-refractivity contribution is 5.86. The molecule has 0 saturated carbocycles. The number of aryl methyl sites for hydroxylation is 1. The number of unbranched alkanes of at least 4 members (excludes halogenated alkanes) is 2. The Labute approximate surface area is 340 Å². The molecule has 4 atom stereocenters. The van der Waals surface area contributed by atoms with Crippen LogP contribution in [0, 0.1) is 0 Å². The van der Waals surface area contributed by atoms with Crippen LogP contribution in [-0.4, -0.2) is 119 Å². The number of carbonyl (C=O) groups is 4. The second-order valence-corrected chi connectivity index (χ2v) is 16.8. The maximum Gasteiger partial charge on any atom is 0.409 e. The number of hydrogen-bond donors (Lipinski definition) is 3. The summed E-state index contributed by atoms with van der Waals surface area (Å²) in [6.07, 6.45) is 10.2. The average molecular weight is 808 g/mol. The summed E-state index contributed by atoms with van der Waals surface area (Å²) in [6.45, 7) is 17.3. The van der Waals surface area contributed by atoms with Gasteiger partial charge in [0, 0.05) is 26.6 Å². The van der Waals surface area contributed by atoms with Crippen molar-refractivity contribution in [2.24, 2.45) is 5.73 Å². The highest BCUT2D eigenvalue weighted by Gasteiger charge is 2.29. The summed E-state index contributed by atoms with van der Waals surface area (Å²) in [6, 6.07) is -0.771. The molecule has 3 rings (SSSR count). The monoisotopic (exact) mass is 808 g/mol. The molecule has 326 valence electrons. The second-order valence-electron chi connectivity index (χ2n) is 16.8. The van der Waals surface area contributed by atoms with E-state index < -0.39 is 23.2 Å². The number of fused-ring (bicyclic) bond motifs is 1. The molecule has 16 heteroatoms. The van der Waals surface area contributed by atoms with E-state index in [-0.39, 0.29) is 49.2 Å². The van der Waals surface area contributed by atoms with E-state index in [2.05, 4.69) is 27.9 Å². The molecule has 16 nitrogen and oxygen atoms in total. The normalized spacial score (nSPS) is 19.6. The van der Waals surface area contributed by atoms with Gasteiger partial charge in [-0.25, -0.2) is 9.48 Å². The lowest BCUT2D eigenvalue weighted by Crippen LogP contribution is -2.49. The number of nitrogens with one attached hydrogen (secondary N) is 2.